The van der Waals surface area contributed by atoms with Crippen molar-refractivity contribution >= 4 is 17.7 Å². The van der Waals surface area contributed by atoms with E-state index in [0.29, 0.717) is 6.61 Å². The van der Waals surface area contributed by atoms with Gasteiger partial charge < -0.3 is 4.74 Å². The molecule has 1 N–H and O–H groups in total. The number of nitrogens with zero attached hydrogens (tertiary/aromatic N) is 1. The predicted octanol–water partition coefficient (Wildman–Crippen LogP) is 0.736. The van der Waals surface area contributed by atoms with Crippen LogP contribution in [0, 0.1) is 11.8 Å². The minimum absolute atomic E-state index is 0.209. The molecule has 3 amide bonds. The molecule has 0 aromatic heterocycles. The van der Waals surface area contributed by atoms with Crippen LogP contribution < -0.4 is 5.48 Å². The van der Waals surface area contributed by atoms with Crippen LogP contribution in [-0.2, 0) is 24.0 Å². The van der Waals surface area contributed by atoms with E-state index < -0.39 is 12.2 Å². The van der Waals surface area contributed by atoms with Gasteiger partial charge in [-0.2, -0.15) is 0 Å². The summed E-state index contributed by atoms with van der Waals surface area (Å²) in [6, 6.07) is 0. The predicted molar refractivity (Wildman–Crippen MR) is 75.0 cm³/mol. The van der Waals surface area contributed by atoms with Gasteiger partial charge >= 0.3 is 0 Å². The van der Waals surface area contributed by atoms with Gasteiger partial charge in [0.25, 0.3) is 5.91 Å². The molecule has 122 valence electrons. The normalized spacial score (nSPS) is 32.0. The molecule has 3 rings (SSSR count). The van der Waals surface area contributed by atoms with Crippen LogP contribution >= 0.6 is 0 Å². The molecule has 0 aromatic carbocycles. The molecule has 0 aromatic rings. The van der Waals surface area contributed by atoms with Crippen LogP contribution in [0.4, 0.5) is 0 Å². The maximum atomic E-state index is 12.3. The number of carbonyl (C=O) groups is 3. The van der Waals surface area contributed by atoms with Crippen LogP contribution in [0.15, 0.2) is 0 Å². The minimum Gasteiger partial charge on any atom is -0.350 e. The zero-order valence-electron chi connectivity index (χ0n) is 12.6. The van der Waals surface area contributed by atoms with Crippen LogP contribution in [0.3, 0.4) is 0 Å². The quantitative estimate of drug-likeness (QED) is 0.611. The summed E-state index contributed by atoms with van der Waals surface area (Å²) in [5.41, 5.74) is 2.29. The van der Waals surface area contributed by atoms with Crippen LogP contribution in [0.2, 0.25) is 0 Å². The highest BCUT2D eigenvalue weighted by Gasteiger charge is 2.48. The topological polar surface area (TPSA) is 84.9 Å². The van der Waals surface area contributed by atoms with Crippen molar-refractivity contribution in [2.24, 2.45) is 11.8 Å². The average Bonchev–Trinajstić information content (AvgIpc) is 2.79. The Balaban J connectivity index is 1.50. The maximum Gasteiger partial charge on any atom is 0.263 e. The Morgan fingerprint density at radius 2 is 1.73 bits per heavy atom. The van der Waals surface area contributed by atoms with Crippen molar-refractivity contribution in [3.05, 3.63) is 0 Å². The molecule has 0 bridgehead atoms. The lowest BCUT2D eigenvalue weighted by Crippen LogP contribution is -2.42. The zero-order valence-corrected chi connectivity index (χ0v) is 12.6. The van der Waals surface area contributed by atoms with E-state index in [-0.39, 0.29) is 30.2 Å². The number of rotatable bonds is 4. The summed E-state index contributed by atoms with van der Waals surface area (Å²) in [7, 11) is 0. The number of hydrogen-bond acceptors (Lipinski definition) is 5. The Bertz CT molecular complexity index is 437. The summed E-state index contributed by atoms with van der Waals surface area (Å²) in [5, 5.41) is 0. The first-order valence-electron chi connectivity index (χ1n) is 8.08. The molecular weight excluding hydrogens is 288 g/mol. The fourth-order valence-corrected chi connectivity index (χ4v) is 3.50. The first kappa shape index (κ1) is 15.4. The van der Waals surface area contributed by atoms with E-state index in [0.717, 1.165) is 49.8 Å². The van der Waals surface area contributed by atoms with E-state index in [9.17, 15) is 14.4 Å². The van der Waals surface area contributed by atoms with Gasteiger partial charge in [-0.05, 0) is 25.7 Å². The van der Waals surface area contributed by atoms with Crippen LogP contribution in [0.25, 0.3) is 0 Å². The summed E-state index contributed by atoms with van der Waals surface area (Å²) >= 11 is 0. The molecule has 3 atom stereocenters. The number of hydrogen-bond donors (Lipinski definition) is 1. The summed E-state index contributed by atoms with van der Waals surface area (Å²) in [6.45, 7) is 0.352. The molecular formula is C15H22N2O5. The second-order valence-electron chi connectivity index (χ2n) is 6.20. The van der Waals surface area contributed by atoms with Crippen molar-refractivity contribution < 1.29 is 24.0 Å². The van der Waals surface area contributed by atoms with E-state index >= 15 is 0 Å². The van der Waals surface area contributed by atoms with E-state index in [1.54, 1.807) is 0 Å². The third-order valence-electron chi connectivity index (χ3n) is 4.68. The SMILES string of the molecule is O=C(CN1C(=O)[C@H]2CCCC[C@H]2C1=O)NO[C@H]1CCCCO1. The maximum absolute atomic E-state index is 12.3. The molecule has 7 heteroatoms. The minimum atomic E-state index is -0.491. The second-order valence-corrected chi connectivity index (χ2v) is 6.20. The van der Waals surface area contributed by atoms with Crippen molar-refractivity contribution in [3.63, 3.8) is 0 Å². The third-order valence-corrected chi connectivity index (χ3v) is 4.68. The summed E-state index contributed by atoms with van der Waals surface area (Å²) in [4.78, 5) is 42.7. The lowest BCUT2D eigenvalue weighted by molar-refractivity contribution is -0.200. The molecule has 3 fully saturated rings. The number of fused-ring (bicyclic) bond motifs is 1. The number of likely N-dealkylation sites (tertiary alicyclic amines) is 1. The van der Waals surface area contributed by atoms with Gasteiger partial charge in [-0.3, -0.25) is 19.3 Å². The Morgan fingerprint density at radius 3 is 2.32 bits per heavy atom. The van der Waals surface area contributed by atoms with E-state index in [1.165, 1.54) is 0 Å². The Morgan fingerprint density at radius 1 is 1.09 bits per heavy atom. The Hall–Kier alpha value is -1.47. The van der Waals surface area contributed by atoms with Gasteiger partial charge in [0, 0.05) is 13.0 Å². The van der Waals surface area contributed by atoms with Crippen molar-refractivity contribution in [1.29, 1.82) is 0 Å². The number of ether oxygens (including phenoxy) is 1. The summed E-state index contributed by atoms with van der Waals surface area (Å²) < 4.78 is 5.33. The smallest absolute Gasteiger partial charge is 0.263 e. The molecule has 2 aliphatic heterocycles. The fraction of sp³-hybridized carbons (Fsp3) is 0.800. The largest absolute Gasteiger partial charge is 0.350 e. The highest BCUT2D eigenvalue weighted by Crippen LogP contribution is 2.37. The Kier molecular flexibility index (Phi) is 4.73. The standard InChI is InChI=1S/C15H22N2O5/c18-12(16-22-13-7-3-4-8-21-13)9-17-14(19)10-5-1-2-6-11(10)15(17)20/h10-11,13H,1-9H2,(H,16,18)/t10-,11+,13-/m0/s1. The van der Waals surface area contributed by atoms with E-state index in [4.69, 9.17) is 9.57 Å². The van der Waals surface area contributed by atoms with E-state index in [2.05, 4.69) is 5.48 Å². The van der Waals surface area contributed by atoms with Gasteiger partial charge in [0.15, 0.2) is 6.29 Å². The molecule has 2 heterocycles. The molecule has 0 unspecified atom stereocenters. The van der Waals surface area contributed by atoms with Gasteiger partial charge in [0.2, 0.25) is 11.8 Å². The van der Waals surface area contributed by atoms with Crippen molar-refractivity contribution in [2.75, 3.05) is 13.2 Å². The number of amides is 3. The first-order valence-corrected chi connectivity index (χ1v) is 8.08. The van der Waals surface area contributed by atoms with Crippen LogP contribution in [0.1, 0.15) is 44.9 Å². The molecule has 22 heavy (non-hydrogen) atoms. The number of carbonyl (C=O) groups excluding carboxylic acids is 3. The molecule has 1 saturated carbocycles. The van der Waals surface area contributed by atoms with Gasteiger partial charge in [0.1, 0.15) is 6.54 Å². The monoisotopic (exact) mass is 310 g/mol. The average molecular weight is 310 g/mol. The molecule has 3 aliphatic rings. The highest BCUT2D eigenvalue weighted by atomic mass is 16.8. The van der Waals surface area contributed by atoms with Crippen LogP contribution in [0.5, 0.6) is 0 Å². The van der Waals surface area contributed by atoms with Gasteiger partial charge in [-0.25, -0.2) is 10.3 Å². The molecule has 7 nitrogen and oxygen atoms in total. The zero-order chi connectivity index (χ0) is 15.5. The number of imide groups is 1. The van der Waals surface area contributed by atoms with Crippen molar-refractivity contribution in [2.45, 2.75) is 51.2 Å². The lowest BCUT2D eigenvalue weighted by atomic mass is 9.81. The molecule has 2 saturated heterocycles. The van der Waals surface area contributed by atoms with Crippen molar-refractivity contribution in [3.8, 4) is 0 Å². The lowest BCUT2D eigenvalue weighted by Gasteiger charge is -2.22. The molecule has 0 radical (unpaired) electrons. The summed E-state index contributed by atoms with van der Waals surface area (Å²) in [5.74, 6) is -1.36. The molecule has 0 spiro atoms. The van der Waals surface area contributed by atoms with Gasteiger partial charge in [-0.15, -0.1) is 0 Å². The second kappa shape index (κ2) is 6.75. The van der Waals surface area contributed by atoms with Crippen LogP contribution in [-0.4, -0.2) is 42.1 Å². The fourth-order valence-electron chi connectivity index (χ4n) is 3.50. The van der Waals surface area contributed by atoms with E-state index in [1.807, 2.05) is 0 Å². The van der Waals surface area contributed by atoms with Gasteiger partial charge in [-0.1, -0.05) is 12.8 Å². The van der Waals surface area contributed by atoms with Crippen molar-refractivity contribution in [1.82, 2.24) is 10.4 Å². The third kappa shape index (κ3) is 3.15. The highest BCUT2D eigenvalue weighted by molar-refractivity contribution is 6.07. The molecule has 1 aliphatic carbocycles. The first-order chi connectivity index (χ1) is 10.7. The number of nitrogens with one attached hydrogen (secondary N) is 1. The summed E-state index contributed by atoms with van der Waals surface area (Å²) in [6.07, 6.45) is 5.72. The van der Waals surface area contributed by atoms with Gasteiger partial charge in [0.05, 0.1) is 11.8 Å². The number of hydroxylamine groups is 1. The Labute approximate surface area is 129 Å².